The Balaban J connectivity index is 1.75. The molecule has 2 aliphatic carbocycles. The first-order valence-electron chi connectivity index (χ1n) is 10.9. The number of carbonyl (C=O) groups is 1. The van der Waals surface area contributed by atoms with Crippen molar-refractivity contribution >= 4 is 6.03 Å². The predicted molar refractivity (Wildman–Crippen MR) is 112 cm³/mol. The molecule has 1 unspecified atom stereocenters. The summed E-state index contributed by atoms with van der Waals surface area (Å²) in [5, 5.41) is 3.29. The van der Waals surface area contributed by atoms with E-state index in [4.69, 9.17) is 9.47 Å². The van der Waals surface area contributed by atoms with Crippen LogP contribution in [0.1, 0.15) is 65.0 Å². The summed E-state index contributed by atoms with van der Waals surface area (Å²) in [5.41, 5.74) is 1.05. The highest BCUT2D eigenvalue weighted by atomic mass is 16.5. The van der Waals surface area contributed by atoms with Gasteiger partial charge in [-0.3, -0.25) is 0 Å². The Morgan fingerprint density at radius 1 is 1.07 bits per heavy atom. The summed E-state index contributed by atoms with van der Waals surface area (Å²) in [6.45, 7) is 9.39. The zero-order chi connectivity index (χ0) is 20.3. The van der Waals surface area contributed by atoms with E-state index in [0.29, 0.717) is 31.1 Å². The van der Waals surface area contributed by atoms with E-state index < -0.39 is 0 Å². The van der Waals surface area contributed by atoms with Crippen molar-refractivity contribution in [2.75, 3.05) is 20.3 Å². The van der Waals surface area contributed by atoms with Crippen LogP contribution in [0.15, 0.2) is 18.2 Å². The minimum Gasteiger partial charge on any atom is -0.490 e. The Morgan fingerprint density at radius 3 is 2.14 bits per heavy atom. The number of urea groups is 1. The van der Waals surface area contributed by atoms with Crippen LogP contribution in [-0.2, 0) is 0 Å². The van der Waals surface area contributed by atoms with Crippen LogP contribution in [0, 0.1) is 17.8 Å². The second kappa shape index (κ2) is 9.06. The summed E-state index contributed by atoms with van der Waals surface area (Å²) in [7, 11) is 1.97. The molecular weight excluding hydrogens is 352 g/mol. The van der Waals surface area contributed by atoms with Gasteiger partial charge in [-0.2, -0.15) is 0 Å². The van der Waals surface area contributed by atoms with Gasteiger partial charge in [0.2, 0.25) is 0 Å². The Kier molecular flexibility index (Phi) is 6.73. The summed E-state index contributed by atoms with van der Waals surface area (Å²) >= 11 is 0. The number of ether oxygens (including phenoxy) is 2. The summed E-state index contributed by atoms with van der Waals surface area (Å²) < 4.78 is 11.5. The SMILES string of the molecule is CCOc1ccc(C(NC(=O)N(C)C(C2CC2)C2CC2)C(C)C)cc1OCC. The minimum atomic E-state index is -0.0658. The van der Waals surface area contributed by atoms with Gasteiger partial charge < -0.3 is 19.7 Å². The molecule has 156 valence electrons. The van der Waals surface area contributed by atoms with E-state index in [1.807, 2.05) is 44.0 Å². The monoisotopic (exact) mass is 388 g/mol. The van der Waals surface area contributed by atoms with Crippen molar-refractivity contribution in [1.29, 1.82) is 0 Å². The van der Waals surface area contributed by atoms with Crippen LogP contribution < -0.4 is 14.8 Å². The topological polar surface area (TPSA) is 50.8 Å². The van der Waals surface area contributed by atoms with Crippen molar-refractivity contribution in [2.45, 2.75) is 65.5 Å². The number of nitrogens with zero attached hydrogens (tertiary/aromatic N) is 1. The van der Waals surface area contributed by atoms with E-state index in [0.717, 1.165) is 17.1 Å². The third kappa shape index (κ3) is 4.92. The highest BCUT2D eigenvalue weighted by Crippen LogP contribution is 2.47. The van der Waals surface area contributed by atoms with Crippen LogP contribution in [-0.4, -0.2) is 37.2 Å². The summed E-state index contributed by atoms with van der Waals surface area (Å²) in [4.78, 5) is 15.1. The molecule has 0 aliphatic heterocycles. The van der Waals surface area contributed by atoms with E-state index >= 15 is 0 Å². The van der Waals surface area contributed by atoms with E-state index in [9.17, 15) is 4.79 Å². The largest absolute Gasteiger partial charge is 0.490 e. The van der Waals surface area contributed by atoms with Crippen molar-refractivity contribution in [1.82, 2.24) is 10.2 Å². The van der Waals surface area contributed by atoms with Gasteiger partial charge in [-0.15, -0.1) is 0 Å². The van der Waals surface area contributed by atoms with E-state index in [-0.39, 0.29) is 18.0 Å². The second-order valence-electron chi connectivity index (χ2n) is 8.52. The molecule has 2 amide bonds. The van der Waals surface area contributed by atoms with Gasteiger partial charge in [0.1, 0.15) is 0 Å². The lowest BCUT2D eigenvalue weighted by Crippen LogP contribution is -2.47. The van der Waals surface area contributed by atoms with Crippen molar-refractivity contribution < 1.29 is 14.3 Å². The zero-order valence-electron chi connectivity index (χ0n) is 18.0. The molecular formula is C23H36N2O3. The van der Waals surface area contributed by atoms with Gasteiger partial charge in [-0.1, -0.05) is 19.9 Å². The maximum absolute atomic E-state index is 13.1. The van der Waals surface area contributed by atoms with Crippen LogP contribution in [0.5, 0.6) is 11.5 Å². The van der Waals surface area contributed by atoms with Crippen molar-refractivity contribution in [3.05, 3.63) is 23.8 Å². The molecule has 1 aromatic carbocycles. The molecule has 5 heteroatoms. The highest BCUT2D eigenvalue weighted by molar-refractivity contribution is 5.75. The Morgan fingerprint density at radius 2 is 1.64 bits per heavy atom. The number of nitrogens with one attached hydrogen (secondary N) is 1. The number of carbonyl (C=O) groups excluding carboxylic acids is 1. The maximum atomic E-state index is 13.1. The number of rotatable bonds is 10. The van der Waals surface area contributed by atoms with Crippen LogP contribution in [0.3, 0.4) is 0 Å². The molecule has 0 heterocycles. The lowest BCUT2D eigenvalue weighted by atomic mass is 9.95. The highest BCUT2D eigenvalue weighted by Gasteiger charge is 2.45. The molecule has 28 heavy (non-hydrogen) atoms. The van der Waals surface area contributed by atoms with Crippen LogP contribution in [0.25, 0.3) is 0 Å². The first-order valence-corrected chi connectivity index (χ1v) is 10.9. The van der Waals surface area contributed by atoms with Crippen LogP contribution in [0.2, 0.25) is 0 Å². The van der Waals surface area contributed by atoms with Crippen molar-refractivity contribution in [2.24, 2.45) is 17.8 Å². The fourth-order valence-corrected chi connectivity index (χ4v) is 4.16. The standard InChI is InChI=1S/C23H36N2O3/c1-6-27-19-13-12-18(14-20(19)28-7-2)21(15(3)4)24-23(26)25(5)22(16-8-9-16)17-10-11-17/h12-17,21-22H,6-11H2,1-5H3,(H,24,26). The third-order valence-electron chi connectivity index (χ3n) is 5.85. The molecule has 0 bridgehead atoms. The molecule has 0 saturated heterocycles. The second-order valence-corrected chi connectivity index (χ2v) is 8.52. The van der Waals surface area contributed by atoms with Gasteiger partial charge in [-0.05, 0) is 75.0 Å². The van der Waals surface area contributed by atoms with Crippen molar-refractivity contribution in [3.63, 3.8) is 0 Å². The van der Waals surface area contributed by atoms with E-state index in [1.54, 1.807) is 0 Å². The van der Waals surface area contributed by atoms with E-state index in [2.05, 4.69) is 19.2 Å². The van der Waals surface area contributed by atoms with Gasteiger partial charge in [0.15, 0.2) is 11.5 Å². The Bertz CT molecular complexity index is 656. The smallest absolute Gasteiger partial charge is 0.317 e. The molecule has 0 spiro atoms. The molecule has 2 fully saturated rings. The first kappa shape index (κ1) is 20.8. The molecule has 1 atom stereocenters. The third-order valence-corrected chi connectivity index (χ3v) is 5.85. The lowest BCUT2D eigenvalue weighted by Gasteiger charge is -2.32. The Hall–Kier alpha value is -1.91. The number of hydrogen-bond acceptors (Lipinski definition) is 3. The molecule has 1 N–H and O–H groups in total. The summed E-state index contributed by atoms with van der Waals surface area (Å²) in [6, 6.07) is 6.38. The molecule has 0 radical (unpaired) electrons. The van der Waals surface area contributed by atoms with Gasteiger partial charge in [0, 0.05) is 13.1 Å². The average molecular weight is 389 g/mol. The molecule has 1 aromatic rings. The summed E-state index contributed by atoms with van der Waals surface area (Å²) in [6.07, 6.45) is 5.07. The molecule has 2 aliphatic rings. The normalized spacial score (nSPS) is 17.5. The summed E-state index contributed by atoms with van der Waals surface area (Å²) in [5.74, 6) is 3.17. The molecule has 3 rings (SSSR count). The van der Waals surface area contributed by atoms with Gasteiger partial charge in [-0.25, -0.2) is 4.79 Å². The first-order chi connectivity index (χ1) is 13.5. The van der Waals surface area contributed by atoms with Gasteiger partial charge in [0.05, 0.1) is 19.3 Å². The minimum absolute atomic E-state index is 0.0364. The quantitative estimate of drug-likeness (QED) is 0.613. The number of benzene rings is 1. The van der Waals surface area contributed by atoms with Crippen LogP contribution >= 0.6 is 0 Å². The maximum Gasteiger partial charge on any atom is 0.317 e. The molecule has 0 aromatic heterocycles. The van der Waals surface area contributed by atoms with Gasteiger partial charge in [0.25, 0.3) is 0 Å². The zero-order valence-corrected chi connectivity index (χ0v) is 18.0. The Labute approximate surface area is 169 Å². The van der Waals surface area contributed by atoms with E-state index in [1.165, 1.54) is 25.7 Å². The molecule has 5 nitrogen and oxygen atoms in total. The predicted octanol–water partition coefficient (Wildman–Crippen LogP) is 5.01. The number of hydrogen-bond donors (Lipinski definition) is 1. The fraction of sp³-hybridized carbons (Fsp3) is 0.696. The fourth-order valence-electron chi connectivity index (χ4n) is 4.16. The average Bonchev–Trinajstić information content (AvgIpc) is 3.56. The van der Waals surface area contributed by atoms with Crippen LogP contribution in [0.4, 0.5) is 4.79 Å². The van der Waals surface area contributed by atoms with Gasteiger partial charge >= 0.3 is 6.03 Å². The van der Waals surface area contributed by atoms with Crippen molar-refractivity contribution in [3.8, 4) is 11.5 Å². The lowest BCUT2D eigenvalue weighted by molar-refractivity contribution is 0.167. The number of amides is 2. The molecule has 2 saturated carbocycles.